The Balaban J connectivity index is 0.000000203. The van der Waals surface area contributed by atoms with E-state index in [0.29, 0.717) is 11.1 Å². The topological polar surface area (TPSA) is 133 Å². The highest BCUT2D eigenvalue weighted by atomic mass is 16.4. The number of carboxylic acids is 1. The first-order chi connectivity index (χ1) is 8.47. The monoisotopic (exact) mass is 252 g/mol. The molecule has 1 unspecified atom stereocenters. The van der Waals surface area contributed by atoms with Gasteiger partial charge in [-0.2, -0.15) is 4.99 Å². The minimum Gasteiger partial charge on any atom is -0.493 e. The van der Waals surface area contributed by atoms with Crippen LogP contribution >= 0.6 is 0 Å². The predicted molar refractivity (Wildman–Crippen MR) is 62.6 cm³/mol. The van der Waals surface area contributed by atoms with E-state index >= 15 is 0 Å². The fourth-order valence-electron chi connectivity index (χ4n) is 1.16. The van der Waals surface area contributed by atoms with Crippen LogP contribution in [0.3, 0.4) is 0 Å². The summed E-state index contributed by atoms with van der Waals surface area (Å²) in [5, 5.41) is 25.0. The predicted octanol–water partition coefficient (Wildman–Crippen LogP) is -0.464. The number of aliphatic hydroxyl groups is 2. The fraction of sp³-hybridized carbons (Fsp3) is 0.182. The summed E-state index contributed by atoms with van der Waals surface area (Å²) in [6, 6.07) is 5.68. The molecule has 2 rings (SSSR count). The summed E-state index contributed by atoms with van der Waals surface area (Å²) in [7, 11) is 0. The molecular weight excluding hydrogens is 240 g/mol. The van der Waals surface area contributed by atoms with Gasteiger partial charge in [-0.25, -0.2) is 0 Å². The van der Waals surface area contributed by atoms with Gasteiger partial charge in [0.2, 0.25) is 5.90 Å². The van der Waals surface area contributed by atoms with Gasteiger partial charge in [0.25, 0.3) is 5.91 Å². The molecule has 18 heavy (non-hydrogen) atoms. The van der Waals surface area contributed by atoms with Gasteiger partial charge in [-0.3, -0.25) is 9.59 Å². The number of fused-ring (bicyclic) bond motifs is 1. The van der Waals surface area contributed by atoms with Gasteiger partial charge < -0.3 is 21.1 Å². The maximum atomic E-state index is 10.9. The molecule has 1 aliphatic rings. The van der Waals surface area contributed by atoms with E-state index in [1.807, 2.05) is 0 Å². The second kappa shape index (κ2) is 5.89. The third kappa shape index (κ3) is 3.12. The van der Waals surface area contributed by atoms with Crippen molar-refractivity contribution in [1.29, 1.82) is 0 Å². The molecule has 1 atom stereocenters. The van der Waals surface area contributed by atoms with Gasteiger partial charge >= 0.3 is 5.97 Å². The number of carbonyl (C=O) groups excluding carboxylic acids is 1. The Morgan fingerprint density at radius 1 is 1.33 bits per heavy atom. The normalized spacial score (nSPS) is 14.1. The summed E-state index contributed by atoms with van der Waals surface area (Å²) in [4.78, 5) is 24.0. The Labute approximate surface area is 102 Å². The summed E-state index contributed by atoms with van der Waals surface area (Å²) in [6.07, 6.45) is 0. The van der Waals surface area contributed by atoms with Crippen LogP contribution in [0, 0.1) is 0 Å². The van der Waals surface area contributed by atoms with Gasteiger partial charge in [-0.15, -0.1) is 0 Å². The molecule has 0 aromatic heterocycles. The van der Waals surface area contributed by atoms with Crippen molar-refractivity contribution in [2.45, 2.75) is 6.04 Å². The van der Waals surface area contributed by atoms with E-state index in [0.717, 1.165) is 0 Å². The van der Waals surface area contributed by atoms with Gasteiger partial charge in [-0.1, -0.05) is 12.1 Å². The van der Waals surface area contributed by atoms with Crippen LogP contribution in [0.5, 0.6) is 0 Å². The van der Waals surface area contributed by atoms with Crippen LogP contribution in [-0.4, -0.2) is 45.7 Å². The average Bonchev–Trinajstić information content (AvgIpc) is 2.65. The Bertz CT molecular complexity index is 498. The first-order valence-electron chi connectivity index (χ1n) is 4.98. The van der Waals surface area contributed by atoms with Crippen molar-refractivity contribution < 1.29 is 24.9 Å². The second-order valence-electron chi connectivity index (χ2n) is 3.41. The summed E-state index contributed by atoms with van der Waals surface area (Å²) in [5.41, 5.74) is 5.77. The molecular formula is C11H12N2O5. The molecule has 0 radical (unpaired) electrons. The van der Waals surface area contributed by atoms with Crippen molar-refractivity contribution in [3.63, 3.8) is 0 Å². The van der Waals surface area contributed by atoms with Crippen LogP contribution in [0.25, 0.3) is 0 Å². The maximum absolute atomic E-state index is 10.9. The lowest BCUT2D eigenvalue weighted by atomic mass is 10.1. The van der Waals surface area contributed by atoms with E-state index in [4.69, 9.17) is 21.1 Å². The van der Waals surface area contributed by atoms with Crippen LogP contribution in [-0.2, 0) is 4.79 Å². The number of rotatable bonds is 2. The molecule has 5 N–H and O–H groups in total. The highest BCUT2D eigenvalue weighted by Crippen LogP contribution is 2.16. The van der Waals surface area contributed by atoms with Crippen LogP contribution < -0.4 is 5.73 Å². The van der Waals surface area contributed by atoms with Crippen molar-refractivity contribution in [3.8, 4) is 0 Å². The molecule has 0 fully saturated rings. The van der Waals surface area contributed by atoms with Crippen molar-refractivity contribution in [3.05, 3.63) is 35.4 Å². The molecule has 7 nitrogen and oxygen atoms in total. The Hall–Kier alpha value is -2.25. The third-order valence-corrected chi connectivity index (χ3v) is 2.12. The van der Waals surface area contributed by atoms with Gasteiger partial charge in [0.1, 0.15) is 6.04 Å². The summed E-state index contributed by atoms with van der Waals surface area (Å²) in [6.45, 7) is -0.505. The minimum atomic E-state index is -1.18. The number of aliphatic imine (C=N–C) groups is 1. The van der Waals surface area contributed by atoms with Crippen molar-refractivity contribution in [1.82, 2.24) is 0 Å². The van der Waals surface area contributed by atoms with E-state index in [2.05, 4.69) is 4.99 Å². The third-order valence-electron chi connectivity index (χ3n) is 2.12. The van der Waals surface area contributed by atoms with Gasteiger partial charge in [0.15, 0.2) is 0 Å². The quantitative estimate of drug-likeness (QED) is 0.562. The summed E-state index contributed by atoms with van der Waals surface area (Å²) < 4.78 is 0. The molecule has 0 bridgehead atoms. The summed E-state index contributed by atoms with van der Waals surface area (Å²) in [5.74, 6) is -1.72. The number of benzene rings is 1. The zero-order chi connectivity index (χ0) is 13.7. The molecule has 0 saturated heterocycles. The Kier molecular flexibility index (Phi) is 4.52. The van der Waals surface area contributed by atoms with Crippen LogP contribution in [0.15, 0.2) is 29.3 Å². The van der Waals surface area contributed by atoms with Crippen LogP contribution in [0.4, 0.5) is 0 Å². The molecule has 1 aromatic carbocycles. The second-order valence-corrected chi connectivity index (χ2v) is 3.41. The number of hydrogen-bond acceptors (Lipinski definition) is 4. The van der Waals surface area contributed by atoms with Gasteiger partial charge in [0.05, 0.1) is 12.2 Å². The number of aliphatic hydroxyl groups excluding tert-OH is 2. The van der Waals surface area contributed by atoms with Gasteiger partial charge in [0, 0.05) is 5.56 Å². The molecule has 1 aliphatic heterocycles. The molecule has 0 saturated carbocycles. The van der Waals surface area contributed by atoms with E-state index in [1.165, 1.54) is 0 Å². The zero-order valence-electron chi connectivity index (χ0n) is 9.28. The van der Waals surface area contributed by atoms with Crippen LogP contribution in [0.2, 0.25) is 0 Å². The number of hydrogen-bond donors (Lipinski definition) is 4. The van der Waals surface area contributed by atoms with E-state index in [-0.39, 0.29) is 11.8 Å². The lowest BCUT2D eigenvalue weighted by Gasteiger charge is -1.96. The molecule has 7 heteroatoms. The number of nitrogens with zero attached hydrogens (tertiary/aromatic N) is 1. The van der Waals surface area contributed by atoms with Crippen molar-refractivity contribution in [2.24, 2.45) is 10.7 Å². The van der Waals surface area contributed by atoms with E-state index in [9.17, 15) is 9.59 Å². The molecule has 0 aliphatic carbocycles. The lowest BCUT2D eigenvalue weighted by molar-refractivity contribution is -0.139. The largest absolute Gasteiger partial charge is 0.493 e. The Morgan fingerprint density at radius 3 is 2.28 bits per heavy atom. The number of nitrogens with two attached hydrogens (primary N) is 1. The smallest absolute Gasteiger partial charge is 0.322 e. The van der Waals surface area contributed by atoms with Crippen LogP contribution in [0.1, 0.15) is 15.9 Å². The number of carbonyl (C=O) groups is 2. The van der Waals surface area contributed by atoms with E-state index in [1.54, 1.807) is 24.3 Å². The molecule has 1 aromatic rings. The first-order valence-corrected chi connectivity index (χ1v) is 4.98. The minimum absolute atomic E-state index is 0.175. The highest BCUT2D eigenvalue weighted by Gasteiger charge is 2.20. The Morgan fingerprint density at radius 2 is 1.89 bits per heavy atom. The fourth-order valence-corrected chi connectivity index (χ4v) is 1.16. The molecule has 96 valence electrons. The lowest BCUT2D eigenvalue weighted by Crippen LogP contribution is -2.33. The number of carboxylic acid groups (broad SMARTS) is 1. The van der Waals surface area contributed by atoms with Crippen molar-refractivity contribution in [2.75, 3.05) is 6.61 Å². The van der Waals surface area contributed by atoms with E-state index < -0.39 is 18.6 Å². The van der Waals surface area contributed by atoms with Crippen molar-refractivity contribution >= 4 is 17.8 Å². The standard InChI is InChI=1S/C8H5NO2.C3H7NO3/c10-7-5-3-1-2-4-6(5)8(11)9-7;4-2(1-5)3(6)7/h1-4H,(H,9,10,11);2,5H,1,4H2,(H,6,7). The average molecular weight is 252 g/mol. The number of amides is 1. The SMILES string of the molecule is NC(CO)C(=O)O.O=C1N=C(O)c2ccccc21. The summed E-state index contributed by atoms with van der Waals surface area (Å²) >= 11 is 0. The molecule has 0 spiro atoms. The first kappa shape index (κ1) is 13.8. The van der Waals surface area contributed by atoms with Gasteiger partial charge in [-0.05, 0) is 12.1 Å². The molecule has 1 heterocycles. The highest BCUT2D eigenvalue weighted by molar-refractivity contribution is 6.17. The molecule has 1 amide bonds. The number of aliphatic carboxylic acids is 1. The maximum Gasteiger partial charge on any atom is 0.322 e. The zero-order valence-corrected chi connectivity index (χ0v) is 9.28.